The number of nitrogens with zero attached hydrogens (tertiary/aromatic N) is 2. The summed E-state index contributed by atoms with van der Waals surface area (Å²) in [7, 11) is -3.99. The Morgan fingerprint density at radius 1 is 1.02 bits per heavy atom. The van der Waals surface area contributed by atoms with Crippen molar-refractivity contribution < 1.29 is 23.1 Å². The summed E-state index contributed by atoms with van der Waals surface area (Å²) in [4.78, 5) is 17.8. The molecule has 3 aromatic carbocycles. The molecule has 1 aromatic heterocycles. The number of aromatic nitrogens is 1. The van der Waals surface area contributed by atoms with Gasteiger partial charge in [-0.3, -0.25) is 4.79 Å². The van der Waals surface area contributed by atoms with E-state index >= 15 is 0 Å². The number of aliphatic hydroxyl groups is 1. The van der Waals surface area contributed by atoms with Crippen molar-refractivity contribution in [2.75, 3.05) is 31.6 Å². The highest BCUT2D eigenvalue weighted by molar-refractivity contribution is 7.89. The highest BCUT2D eigenvalue weighted by atomic mass is 32.2. The van der Waals surface area contributed by atoms with E-state index in [-0.39, 0.29) is 30.5 Å². The minimum atomic E-state index is -3.99. The van der Waals surface area contributed by atoms with E-state index in [4.69, 9.17) is 4.74 Å². The normalized spacial score (nSPS) is 12.9. The lowest BCUT2D eigenvalue weighted by atomic mass is 10.0. The molecule has 0 spiro atoms. The summed E-state index contributed by atoms with van der Waals surface area (Å²) in [6.07, 6.45) is 0.850. The molecule has 3 N–H and O–H groups in total. The van der Waals surface area contributed by atoms with Gasteiger partial charge in [0.25, 0.3) is 5.91 Å². The number of para-hydroxylation sites is 1. The third-order valence-electron chi connectivity index (χ3n) is 7.51. The molecule has 4 rings (SSSR count). The van der Waals surface area contributed by atoms with E-state index < -0.39 is 28.1 Å². The van der Waals surface area contributed by atoms with Crippen LogP contribution in [-0.2, 0) is 21.2 Å². The van der Waals surface area contributed by atoms with E-state index in [0.29, 0.717) is 18.7 Å². The number of rotatable bonds is 17. The first-order chi connectivity index (χ1) is 22.5. The van der Waals surface area contributed by atoms with Crippen molar-refractivity contribution in [1.29, 1.82) is 0 Å². The summed E-state index contributed by atoms with van der Waals surface area (Å²) in [6.45, 7) is 11.7. The lowest BCUT2D eigenvalue weighted by molar-refractivity contribution is -0.124. The molecule has 11 heteroatoms. The molecule has 4 aromatic rings. The molecule has 0 saturated heterocycles. The van der Waals surface area contributed by atoms with E-state index in [2.05, 4.69) is 22.2 Å². The zero-order valence-corrected chi connectivity index (χ0v) is 29.0. The molecule has 0 saturated carbocycles. The molecule has 0 aliphatic carbocycles. The quantitative estimate of drug-likeness (QED) is 0.120. The molecule has 0 bridgehead atoms. The monoisotopic (exact) mass is 676 g/mol. The Balaban J connectivity index is 1.52. The van der Waals surface area contributed by atoms with Crippen molar-refractivity contribution in [1.82, 2.24) is 14.6 Å². The lowest BCUT2D eigenvalue weighted by Gasteiger charge is -2.31. The second-order valence-corrected chi connectivity index (χ2v) is 14.7. The molecule has 1 amide bonds. The van der Waals surface area contributed by atoms with E-state index in [1.165, 1.54) is 15.6 Å². The van der Waals surface area contributed by atoms with Gasteiger partial charge in [0.2, 0.25) is 10.0 Å². The van der Waals surface area contributed by atoms with Gasteiger partial charge in [-0.05, 0) is 55.0 Å². The number of anilines is 1. The van der Waals surface area contributed by atoms with Gasteiger partial charge < -0.3 is 20.5 Å². The summed E-state index contributed by atoms with van der Waals surface area (Å²) >= 11 is 1.46. The molecule has 250 valence electrons. The van der Waals surface area contributed by atoms with Gasteiger partial charge in [0.05, 0.1) is 22.7 Å². The Morgan fingerprint density at radius 2 is 1.70 bits per heavy atom. The van der Waals surface area contributed by atoms with Gasteiger partial charge in [0.15, 0.2) is 11.7 Å². The highest BCUT2D eigenvalue weighted by Crippen LogP contribution is 2.27. The number of thiazole rings is 1. The van der Waals surface area contributed by atoms with Crippen LogP contribution in [0.25, 0.3) is 11.3 Å². The zero-order valence-electron chi connectivity index (χ0n) is 27.3. The first-order valence-corrected chi connectivity index (χ1v) is 17.9. The summed E-state index contributed by atoms with van der Waals surface area (Å²) in [6, 6.07) is 21.0. The van der Waals surface area contributed by atoms with Crippen molar-refractivity contribution in [2.24, 2.45) is 5.92 Å². The molecular weight excluding hydrogens is 633 g/mol. The molecule has 1 heterocycles. The van der Waals surface area contributed by atoms with Gasteiger partial charge in [-0.15, -0.1) is 17.9 Å². The third kappa shape index (κ3) is 9.98. The number of nitrogens with one attached hydrogen (secondary N) is 2. The lowest BCUT2D eigenvalue weighted by Crippen LogP contribution is -2.52. The number of sulfonamides is 1. The summed E-state index contributed by atoms with van der Waals surface area (Å²) in [5.41, 5.74) is 4.25. The predicted octanol–water partition coefficient (Wildman–Crippen LogP) is 5.84. The number of amides is 1. The maximum absolute atomic E-state index is 14.0. The second kappa shape index (κ2) is 16.7. The standard InChI is InChI=1S/C36H44N4O5S2/c1-6-19-37-36-39-32(24-46-36)29-15-17-30(18-16-29)47(43,44)40(21-25(2)3)22-33(41)31(20-28-13-8-7-9-14-28)38-34(42)23-45-35-26(4)11-10-12-27(35)5/h6-18,24-25,31,33,41H,1,19-23H2,2-5H3,(H,37,39)(H,38,42)/t31-,33+/m0/s1. The zero-order chi connectivity index (χ0) is 34.0. The fourth-order valence-electron chi connectivity index (χ4n) is 5.17. The molecule has 0 radical (unpaired) electrons. The van der Waals surface area contributed by atoms with Gasteiger partial charge in [0.1, 0.15) is 5.75 Å². The Morgan fingerprint density at radius 3 is 2.34 bits per heavy atom. The minimum absolute atomic E-state index is 0.0133. The first-order valence-electron chi connectivity index (χ1n) is 15.6. The van der Waals surface area contributed by atoms with Crippen LogP contribution in [0.1, 0.15) is 30.5 Å². The molecular formula is C36H44N4O5S2. The molecule has 0 aliphatic heterocycles. The Labute approximate surface area is 282 Å². The molecule has 0 unspecified atom stereocenters. The van der Waals surface area contributed by atoms with Crippen LogP contribution >= 0.6 is 11.3 Å². The maximum atomic E-state index is 14.0. The number of carbonyl (C=O) groups is 1. The molecule has 9 nitrogen and oxygen atoms in total. The van der Waals surface area contributed by atoms with Gasteiger partial charge in [-0.1, -0.05) is 80.6 Å². The predicted molar refractivity (Wildman–Crippen MR) is 189 cm³/mol. The smallest absolute Gasteiger partial charge is 0.258 e. The van der Waals surface area contributed by atoms with Crippen LogP contribution in [0.2, 0.25) is 0 Å². The van der Waals surface area contributed by atoms with Crippen molar-refractivity contribution >= 4 is 32.4 Å². The number of hydrogen-bond donors (Lipinski definition) is 3. The van der Waals surface area contributed by atoms with E-state index in [1.807, 2.05) is 81.6 Å². The first kappa shape index (κ1) is 35.8. The number of carbonyl (C=O) groups excluding carboxylic acids is 1. The number of benzene rings is 3. The van der Waals surface area contributed by atoms with Crippen LogP contribution in [-0.4, -0.2) is 67.1 Å². The van der Waals surface area contributed by atoms with Crippen LogP contribution < -0.4 is 15.4 Å². The van der Waals surface area contributed by atoms with Crippen molar-refractivity contribution in [3.8, 4) is 17.0 Å². The SMILES string of the molecule is C=CCNc1nc(-c2ccc(S(=O)(=O)N(CC(C)C)C[C@@H](O)[C@H](Cc3ccccc3)NC(=O)COc3c(C)cccc3C)cc2)cs1. The average Bonchev–Trinajstić information content (AvgIpc) is 3.52. The third-order valence-corrected chi connectivity index (χ3v) is 10.2. The fourth-order valence-corrected chi connectivity index (χ4v) is 7.52. The van der Waals surface area contributed by atoms with Gasteiger partial charge in [0, 0.05) is 30.6 Å². The number of hydrogen-bond acceptors (Lipinski definition) is 8. The van der Waals surface area contributed by atoms with Crippen LogP contribution in [0.3, 0.4) is 0 Å². The van der Waals surface area contributed by atoms with E-state index in [1.54, 1.807) is 30.3 Å². The van der Waals surface area contributed by atoms with E-state index in [9.17, 15) is 18.3 Å². The molecule has 2 atom stereocenters. The van der Waals surface area contributed by atoms with Crippen LogP contribution in [0, 0.1) is 19.8 Å². The Kier molecular flexibility index (Phi) is 12.7. The fraction of sp³-hybridized carbons (Fsp3) is 0.333. The minimum Gasteiger partial charge on any atom is -0.483 e. The Hall–Kier alpha value is -4.03. The van der Waals surface area contributed by atoms with Crippen molar-refractivity contribution in [2.45, 2.75) is 51.2 Å². The van der Waals surface area contributed by atoms with Crippen LogP contribution in [0.15, 0.2) is 95.7 Å². The van der Waals surface area contributed by atoms with Crippen molar-refractivity contribution in [3.05, 3.63) is 108 Å². The van der Waals surface area contributed by atoms with E-state index in [0.717, 1.165) is 33.1 Å². The maximum Gasteiger partial charge on any atom is 0.258 e. The van der Waals surface area contributed by atoms with Crippen LogP contribution in [0.5, 0.6) is 5.75 Å². The number of aryl methyl sites for hydroxylation is 2. The molecule has 0 aliphatic rings. The number of aliphatic hydroxyl groups excluding tert-OH is 1. The van der Waals surface area contributed by atoms with Gasteiger partial charge in [-0.25, -0.2) is 13.4 Å². The van der Waals surface area contributed by atoms with Gasteiger partial charge >= 0.3 is 0 Å². The highest BCUT2D eigenvalue weighted by Gasteiger charge is 2.31. The molecule has 47 heavy (non-hydrogen) atoms. The summed E-state index contributed by atoms with van der Waals surface area (Å²) < 4.78 is 35.1. The van der Waals surface area contributed by atoms with Gasteiger partial charge in [-0.2, -0.15) is 4.31 Å². The largest absolute Gasteiger partial charge is 0.483 e. The molecule has 0 fully saturated rings. The van der Waals surface area contributed by atoms with Crippen molar-refractivity contribution in [3.63, 3.8) is 0 Å². The topological polar surface area (TPSA) is 121 Å². The second-order valence-electron chi connectivity index (χ2n) is 11.9. The summed E-state index contributed by atoms with van der Waals surface area (Å²) in [5, 5.41) is 20.3. The van der Waals surface area contributed by atoms with Crippen LogP contribution in [0.4, 0.5) is 5.13 Å². The summed E-state index contributed by atoms with van der Waals surface area (Å²) in [5.74, 6) is 0.217. The Bertz CT molecular complexity index is 1700. The number of ether oxygens (including phenoxy) is 1. The average molecular weight is 677 g/mol.